The molecule has 0 fully saturated rings. The van der Waals surface area contributed by atoms with Gasteiger partial charge in [0.25, 0.3) is 0 Å². The second-order valence-electron chi connectivity index (χ2n) is 7.66. The first-order chi connectivity index (χ1) is 13.6. The zero-order valence-corrected chi connectivity index (χ0v) is 18.4. The van der Waals surface area contributed by atoms with Gasteiger partial charge in [0.1, 0.15) is 12.4 Å². The van der Waals surface area contributed by atoms with E-state index in [1.807, 2.05) is 12.1 Å². The molecule has 7 heteroatoms. The van der Waals surface area contributed by atoms with Gasteiger partial charge in [-0.05, 0) is 43.0 Å². The molecule has 0 saturated heterocycles. The van der Waals surface area contributed by atoms with Gasteiger partial charge in [0.2, 0.25) is 0 Å². The lowest BCUT2D eigenvalue weighted by molar-refractivity contribution is -0.159. The molecule has 166 valence electrons. The Balaban J connectivity index is 0.00000113. The molecule has 0 radical (unpaired) electrons. The summed E-state index contributed by atoms with van der Waals surface area (Å²) in [6, 6.07) is 8.28. The van der Waals surface area contributed by atoms with Crippen molar-refractivity contribution < 1.29 is 29.3 Å². The van der Waals surface area contributed by atoms with Crippen molar-refractivity contribution in [2.75, 3.05) is 39.5 Å². The fourth-order valence-corrected chi connectivity index (χ4v) is 2.69. The second-order valence-corrected chi connectivity index (χ2v) is 7.66. The van der Waals surface area contributed by atoms with Crippen LogP contribution in [0.4, 0.5) is 0 Å². The highest BCUT2D eigenvalue weighted by molar-refractivity contribution is 6.27. The standard InChI is InChI=1S/C20H35NO2.C2H2O4/c1-6-12-21(13-7-2)14-15-22-16-17-23-19-11-9-8-10-18(19)20(3,4)5;3-1(4)2(5)6/h8-11H,6-7,12-17H2,1-5H3;(H,3,4)(H,5,6). The highest BCUT2D eigenvalue weighted by atomic mass is 16.5. The monoisotopic (exact) mass is 411 g/mol. The van der Waals surface area contributed by atoms with Crippen LogP contribution >= 0.6 is 0 Å². The summed E-state index contributed by atoms with van der Waals surface area (Å²) in [6.07, 6.45) is 2.40. The van der Waals surface area contributed by atoms with Crippen molar-refractivity contribution in [1.29, 1.82) is 0 Å². The van der Waals surface area contributed by atoms with Crippen LogP contribution in [-0.4, -0.2) is 66.5 Å². The molecule has 0 saturated carbocycles. The van der Waals surface area contributed by atoms with Gasteiger partial charge in [-0.2, -0.15) is 0 Å². The average molecular weight is 412 g/mol. The topological polar surface area (TPSA) is 96.3 Å². The molecule has 2 N–H and O–H groups in total. The first kappa shape index (κ1) is 26.9. The predicted octanol–water partition coefficient (Wildman–Crippen LogP) is 3.66. The zero-order valence-electron chi connectivity index (χ0n) is 18.4. The summed E-state index contributed by atoms with van der Waals surface area (Å²) >= 11 is 0. The van der Waals surface area contributed by atoms with Crippen LogP contribution in [0, 0.1) is 0 Å². The molecular weight excluding hydrogens is 374 g/mol. The molecule has 7 nitrogen and oxygen atoms in total. The summed E-state index contributed by atoms with van der Waals surface area (Å²) in [7, 11) is 0. The van der Waals surface area contributed by atoms with Crippen molar-refractivity contribution in [3.8, 4) is 5.75 Å². The molecule has 0 unspecified atom stereocenters. The largest absolute Gasteiger partial charge is 0.491 e. The summed E-state index contributed by atoms with van der Waals surface area (Å²) in [4.78, 5) is 20.7. The van der Waals surface area contributed by atoms with Crippen LogP contribution in [-0.2, 0) is 19.7 Å². The molecule has 0 bridgehead atoms. The maximum atomic E-state index is 9.10. The first-order valence-corrected chi connectivity index (χ1v) is 10.1. The maximum absolute atomic E-state index is 9.10. The lowest BCUT2D eigenvalue weighted by atomic mass is 9.86. The van der Waals surface area contributed by atoms with Gasteiger partial charge in [-0.25, -0.2) is 9.59 Å². The lowest BCUT2D eigenvalue weighted by Gasteiger charge is -2.23. The van der Waals surface area contributed by atoms with Crippen LogP contribution in [0.2, 0.25) is 0 Å². The number of rotatable bonds is 11. The number of nitrogens with zero attached hydrogens (tertiary/aromatic N) is 1. The number of carboxylic acid groups (broad SMARTS) is 2. The Kier molecular flexibility index (Phi) is 13.7. The smallest absolute Gasteiger partial charge is 0.414 e. The lowest BCUT2D eigenvalue weighted by Crippen LogP contribution is -2.29. The van der Waals surface area contributed by atoms with Gasteiger partial charge >= 0.3 is 11.9 Å². The fraction of sp³-hybridized carbons (Fsp3) is 0.636. The SMILES string of the molecule is CCCN(CCC)CCOCCOc1ccccc1C(C)(C)C.O=C(O)C(=O)O. The summed E-state index contributed by atoms with van der Waals surface area (Å²) in [5.74, 6) is -2.67. The van der Waals surface area contributed by atoms with E-state index < -0.39 is 11.9 Å². The summed E-state index contributed by atoms with van der Waals surface area (Å²) < 4.78 is 11.7. The quantitative estimate of drug-likeness (QED) is 0.424. The van der Waals surface area contributed by atoms with E-state index in [0.29, 0.717) is 13.2 Å². The van der Waals surface area contributed by atoms with Gasteiger partial charge in [-0.3, -0.25) is 0 Å². The molecular formula is C22H37NO6. The van der Waals surface area contributed by atoms with Crippen molar-refractivity contribution in [3.63, 3.8) is 0 Å². The van der Waals surface area contributed by atoms with Gasteiger partial charge in [-0.1, -0.05) is 52.8 Å². The zero-order chi connectivity index (χ0) is 22.3. The Morgan fingerprint density at radius 1 is 0.897 bits per heavy atom. The minimum absolute atomic E-state index is 0.0955. The van der Waals surface area contributed by atoms with Crippen LogP contribution in [0.1, 0.15) is 53.0 Å². The van der Waals surface area contributed by atoms with Crippen LogP contribution in [0.25, 0.3) is 0 Å². The van der Waals surface area contributed by atoms with Crippen molar-refractivity contribution in [3.05, 3.63) is 29.8 Å². The molecule has 0 aliphatic heterocycles. The van der Waals surface area contributed by atoms with Crippen molar-refractivity contribution in [2.45, 2.75) is 52.9 Å². The van der Waals surface area contributed by atoms with E-state index in [1.54, 1.807) is 0 Å². The van der Waals surface area contributed by atoms with Gasteiger partial charge < -0.3 is 24.6 Å². The van der Waals surface area contributed by atoms with Crippen molar-refractivity contribution in [2.24, 2.45) is 0 Å². The van der Waals surface area contributed by atoms with Crippen LogP contribution < -0.4 is 4.74 Å². The minimum Gasteiger partial charge on any atom is -0.491 e. The molecule has 0 spiro atoms. The third kappa shape index (κ3) is 12.9. The highest BCUT2D eigenvalue weighted by Gasteiger charge is 2.18. The maximum Gasteiger partial charge on any atom is 0.414 e. The molecule has 0 aliphatic rings. The minimum atomic E-state index is -1.82. The number of para-hydroxylation sites is 1. The van der Waals surface area contributed by atoms with Crippen molar-refractivity contribution >= 4 is 11.9 Å². The normalized spacial score (nSPS) is 11.0. The third-order valence-corrected chi connectivity index (χ3v) is 3.99. The van der Waals surface area contributed by atoms with Crippen molar-refractivity contribution in [1.82, 2.24) is 4.90 Å². The first-order valence-electron chi connectivity index (χ1n) is 10.1. The van der Waals surface area contributed by atoms with Gasteiger partial charge in [0.15, 0.2) is 0 Å². The number of ether oxygens (including phenoxy) is 2. The van der Waals surface area contributed by atoms with Crippen LogP contribution in [0.3, 0.4) is 0 Å². The number of carbonyl (C=O) groups is 2. The number of hydrogen-bond acceptors (Lipinski definition) is 5. The summed E-state index contributed by atoms with van der Waals surface area (Å²) in [6.45, 7) is 16.4. The molecule has 0 atom stereocenters. The van der Waals surface area contributed by atoms with Gasteiger partial charge in [-0.15, -0.1) is 0 Å². The van der Waals surface area contributed by atoms with E-state index in [-0.39, 0.29) is 5.41 Å². The Morgan fingerprint density at radius 2 is 1.45 bits per heavy atom. The Labute approximate surface area is 174 Å². The van der Waals surface area contributed by atoms with E-state index in [0.717, 1.165) is 32.0 Å². The second kappa shape index (κ2) is 14.8. The predicted molar refractivity (Wildman–Crippen MR) is 114 cm³/mol. The third-order valence-electron chi connectivity index (χ3n) is 3.99. The van der Waals surface area contributed by atoms with E-state index in [2.05, 4.69) is 51.7 Å². The van der Waals surface area contributed by atoms with E-state index >= 15 is 0 Å². The molecule has 1 aromatic rings. The fourth-order valence-electron chi connectivity index (χ4n) is 2.69. The highest BCUT2D eigenvalue weighted by Crippen LogP contribution is 2.30. The van der Waals surface area contributed by atoms with Crippen LogP contribution in [0.15, 0.2) is 24.3 Å². The molecule has 0 heterocycles. The van der Waals surface area contributed by atoms with Gasteiger partial charge in [0, 0.05) is 6.54 Å². The molecule has 0 aliphatic carbocycles. The van der Waals surface area contributed by atoms with E-state index in [1.165, 1.54) is 18.4 Å². The molecule has 1 rings (SSSR count). The number of benzene rings is 1. The van der Waals surface area contributed by atoms with E-state index in [9.17, 15) is 0 Å². The molecule has 0 amide bonds. The summed E-state index contributed by atoms with van der Waals surface area (Å²) in [5.41, 5.74) is 1.34. The molecule has 1 aromatic carbocycles. The number of hydrogen-bond donors (Lipinski definition) is 2. The molecule has 0 aromatic heterocycles. The van der Waals surface area contributed by atoms with Gasteiger partial charge in [0.05, 0.1) is 13.2 Å². The molecule has 29 heavy (non-hydrogen) atoms. The Morgan fingerprint density at radius 3 is 1.93 bits per heavy atom. The number of carboxylic acids is 2. The Hall–Kier alpha value is -2.12. The summed E-state index contributed by atoms with van der Waals surface area (Å²) in [5, 5.41) is 14.8. The van der Waals surface area contributed by atoms with E-state index in [4.69, 9.17) is 29.3 Å². The Bertz CT molecular complexity index is 579. The number of aliphatic carboxylic acids is 2. The van der Waals surface area contributed by atoms with Crippen LogP contribution in [0.5, 0.6) is 5.75 Å². The average Bonchev–Trinajstić information content (AvgIpc) is 2.64.